The van der Waals surface area contributed by atoms with E-state index in [-0.39, 0.29) is 5.91 Å². The zero-order valence-corrected chi connectivity index (χ0v) is 9.93. The second kappa shape index (κ2) is 5.14. The van der Waals surface area contributed by atoms with Crippen molar-refractivity contribution >= 4 is 11.7 Å². The van der Waals surface area contributed by atoms with Gasteiger partial charge in [0.15, 0.2) is 0 Å². The monoisotopic (exact) mass is 235 g/mol. The van der Waals surface area contributed by atoms with Crippen molar-refractivity contribution in [3.05, 3.63) is 23.9 Å². The van der Waals surface area contributed by atoms with Crippen LogP contribution < -0.4 is 5.73 Å². The Hall–Kier alpha value is -1.62. The first-order valence-electron chi connectivity index (χ1n) is 5.71. The summed E-state index contributed by atoms with van der Waals surface area (Å²) in [7, 11) is 1.68. The molecule has 1 fully saturated rings. The van der Waals surface area contributed by atoms with E-state index < -0.39 is 0 Å². The lowest BCUT2D eigenvalue weighted by atomic mass is 10.1. The molecular formula is C12H17N3O2. The van der Waals surface area contributed by atoms with Gasteiger partial charge in [0.1, 0.15) is 11.5 Å². The lowest BCUT2D eigenvalue weighted by Gasteiger charge is -2.15. The highest BCUT2D eigenvalue weighted by Gasteiger charge is 2.27. The van der Waals surface area contributed by atoms with E-state index in [1.807, 2.05) is 4.90 Å². The first kappa shape index (κ1) is 11.9. The minimum absolute atomic E-state index is 0.0455. The van der Waals surface area contributed by atoms with Gasteiger partial charge < -0.3 is 15.4 Å². The number of carbonyl (C=O) groups is 1. The summed E-state index contributed by atoms with van der Waals surface area (Å²) in [4.78, 5) is 18.0. The standard InChI is InChI=1S/C12H17N3O2/c1-17-8-9-5-6-15(7-9)12(16)10-3-2-4-11(13)14-10/h2-4,9H,5-8H2,1H3,(H2,13,14). The van der Waals surface area contributed by atoms with Crippen LogP contribution in [-0.2, 0) is 4.74 Å². The van der Waals surface area contributed by atoms with E-state index >= 15 is 0 Å². The number of nitrogens with zero attached hydrogens (tertiary/aromatic N) is 2. The van der Waals surface area contributed by atoms with E-state index in [0.717, 1.165) is 19.5 Å². The van der Waals surface area contributed by atoms with Gasteiger partial charge in [0.05, 0.1) is 6.61 Å². The van der Waals surface area contributed by atoms with Gasteiger partial charge in [-0.15, -0.1) is 0 Å². The number of nitrogen functional groups attached to an aromatic ring is 1. The van der Waals surface area contributed by atoms with Crippen LogP contribution in [0.15, 0.2) is 18.2 Å². The highest BCUT2D eigenvalue weighted by molar-refractivity contribution is 5.92. The predicted molar refractivity (Wildman–Crippen MR) is 64.5 cm³/mol. The molecule has 0 bridgehead atoms. The number of ether oxygens (including phenoxy) is 1. The molecule has 1 aromatic heterocycles. The van der Waals surface area contributed by atoms with Crippen molar-refractivity contribution in [1.29, 1.82) is 0 Å². The SMILES string of the molecule is COCC1CCN(C(=O)c2cccc(N)n2)C1. The molecule has 0 aliphatic carbocycles. The van der Waals surface area contributed by atoms with Crippen LogP contribution in [0.3, 0.4) is 0 Å². The fourth-order valence-electron chi connectivity index (χ4n) is 2.12. The van der Waals surface area contributed by atoms with Crippen LogP contribution in [0, 0.1) is 5.92 Å². The van der Waals surface area contributed by atoms with E-state index in [1.165, 1.54) is 0 Å². The van der Waals surface area contributed by atoms with Crippen LogP contribution in [-0.4, -0.2) is 42.6 Å². The largest absolute Gasteiger partial charge is 0.384 e. The van der Waals surface area contributed by atoms with Gasteiger partial charge in [-0.2, -0.15) is 0 Å². The molecule has 0 aromatic carbocycles. The van der Waals surface area contributed by atoms with Crippen molar-refractivity contribution in [3.63, 3.8) is 0 Å². The van der Waals surface area contributed by atoms with Gasteiger partial charge in [-0.1, -0.05) is 6.07 Å². The number of pyridine rings is 1. The third-order valence-corrected chi connectivity index (χ3v) is 2.97. The maximum absolute atomic E-state index is 12.1. The van der Waals surface area contributed by atoms with Crippen molar-refractivity contribution in [3.8, 4) is 0 Å². The first-order valence-corrected chi connectivity index (χ1v) is 5.71. The number of rotatable bonds is 3. The number of methoxy groups -OCH3 is 1. The lowest BCUT2D eigenvalue weighted by Crippen LogP contribution is -2.30. The van der Waals surface area contributed by atoms with Crippen molar-refractivity contribution in [1.82, 2.24) is 9.88 Å². The van der Waals surface area contributed by atoms with Crippen LogP contribution >= 0.6 is 0 Å². The molecule has 2 rings (SSSR count). The van der Waals surface area contributed by atoms with Crippen molar-refractivity contribution in [2.24, 2.45) is 5.92 Å². The lowest BCUT2D eigenvalue weighted by molar-refractivity contribution is 0.0770. The molecule has 5 heteroatoms. The Morgan fingerprint density at radius 1 is 1.65 bits per heavy atom. The van der Waals surface area contributed by atoms with Crippen LogP contribution in [0.4, 0.5) is 5.82 Å². The molecule has 0 radical (unpaired) electrons. The molecule has 17 heavy (non-hydrogen) atoms. The second-order valence-electron chi connectivity index (χ2n) is 4.31. The number of aromatic nitrogens is 1. The fourth-order valence-corrected chi connectivity index (χ4v) is 2.12. The number of hydrogen-bond acceptors (Lipinski definition) is 4. The molecule has 1 saturated heterocycles. The van der Waals surface area contributed by atoms with E-state index in [0.29, 0.717) is 24.0 Å². The third kappa shape index (κ3) is 2.74. The van der Waals surface area contributed by atoms with E-state index in [1.54, 1.807) is 25.3 Å². The van der Waals surface area contributed by atoms with Crippen LogP contribution in [0.25, 0.3) is 0 Å². The summed E-state index contributed by atoms with van der Waals surface area (Å²) in [6, 6.07) is 5.12. The van der Waals surface area contributed by atoms with E-state index in [4.69, 9.17) is 10.5 Å². The minimum atomic E-state index is -0.0455. The quantitative estimate of drug-likeness (QED) is 0.840. The minimum Gasteiger partial charge on any atom is -0.384 e. The Balaban J connectivity index is 2.02. The molecule has 1 aliphatic rings. The van der Waals surface area contributed by atoms with Crippen molar-refractivity contribution in [2.75, 3.05) is 32.5 Å². The number of carbonyl (C=O) groups excluding carboxylic acids is 1. The normalized spacial score (nSPS) is 19.6. The molecule has 1 amide bonds. The van der Waals surface area contributed by atoms with Gasteiger partial charge in [0.2, 0.25) is 0 Å². The van der Waals surface area contributed by atoms with Gasteiger partial charge in [-0.25, -0.2) is 4.98 Å². The summed E-state index contributed by atoms with van der Waals surface area (Å²) >= 11 is 0. The Labute approximate surface area is 101 Å². The number of likely N-dealkylation sites (tertiary alicyclic amines) is 1. The average Bonchev–Trinajstić information content (AvgIpc) is 2.77. The topological polar surface area (TPSA) is 68.5 Å². The molecule has 0 saturated carbocycles. The van der Waals surface area contributed by atoms with Crippen LogP contribution in [0.2, 0.25) is 0 Å². The van der Waals surface area contributed by atoms with Crippen LogP contribution in [0.5, 0.6) is 0 Å². The van der Waals surface area contributed by atoms with Gasteiger partial charge in [0.25, 0.3) is 5.91 Å². The molecule has 5 nitrogen and oxygen atoms in total. The summed E-state index contributed by atoms with van der Waals surface area (Å²) in [5.41, 5.74) is 5.99. The number of amides is 1. The van der Waals surface area contributed by atoms with Gasteiger partial charge in [0, 0.05) is 26.1 Å². The Kier molecular flexibility index (Phi) is 3.58. The van der Waals surface area contributed by atoms with Crippen LogP contribution in [0.1, 0.15) is 16.9 Å². The number of nitrogens with two attached hydrogens (primary N) is 1. The molecule has 1 unspecified atom stereocenters. The summed E-state index contributed by atoms with van der Waals surface area (Å²) in [5, 5.41) is 0. The molecule has 1 aliphatic heterocycles. The fraction of sp³-hybridized carbons (Fsp3) is 0.500. The molecule has 2 N–H and O–H groups in total. The number of anilines is 1. The molecule has 92 valence electrons. The highest BCUT2D eigenvalue weighted by atomic mass is 16.5. The number of hydrogen-bond donors (Lipinski definition) is 1. The molecular weight excluding hydrogens is 218 g/mol. The third-order valence-electron chi connectivity index (χ3n) is 2.97. The maximum Gasteiger partial charge on any atom is 0.272 e. The average molecular weight is 235 g/mol. The second-order valence-corrected chi connectivity index (χ2v) is 4.31. The maximum atomic E-state index is 12.1. The first-order chi connectivity index (χ1) is 8.20. The highest BCUT2D eigenvalue weighted by Crippen LogP contribution is 2.18. The molecule has 0 spiro atoms. The molecule has 1 atom stereocenters. The Morgan fingerprint density at radius 3 is 3.18 bits per heavy atom. The smallest absolute Gasteiger partial charge is 0.272 e. The zero-order chi connectivity index (χ0) is 12.3. The zero-order valence-electron chi connectivity index (χ0n) is 9.93. The summed E-state index contributed by atoms with van der Waals surface area (Å²) in [5.74, 6) is 0.768. The summed E-state index contributed by atoms with van der Waals surface area (Å²) in [6.45, 7) is 2.21. The van der Waals surface area contributed by atoms with E-state index in [2.05, 4.69) is 4.98 Å². The van der Waals surface area contributed by atoms with E-state index in [9.17, 15) is 4.79 Å². The summed E-state index contributed by atoms with van der Waals surface area (Å²) in [6.07, 6.45) is 0.988. The predicted octanol–water partition coefficient (Wildman–Crippen LogP) is 0.772. The van der Waals surface area contributed by atoms with Gasteiger partial charge in [-0.05, 0) is 18.6 Å². The van der Waals surface area contributed by atoms with Gasteiger partial charge >= 0.3 is 0 Å². The Morgan fingerprint density at radius 2 is 2.47 bits per heavy atom. The molecule has 1 aromatic rings. The Bertz CT molecular complexity index is 408. The summed E-state index contributed by atoms with van der Waals surface area (Å²) < 4.78 is 5.11. The molecule has 2 heterocycles. The van der Waals surface area contributed by atoms with Gasteiger partial charge in [-0.3, -0.25) is 4.79 Å². The van der Waals surface area contributed by atoms with Crippen molar-refractivity contribution < 1.29 is 9.53 Å². The van der Waals surface area contributed by atoms with Crippen molar-refractivity contribution in [2.45, 2.75) is 6.42 Å².